The first-order valence-electron chi connectivity index (χ1n) is 6.82. The Kier molecular flexibility index (Phi) is 5.12. The van der Waals surface area contributed by atoms with Gasteiger partial charge in [0, 0.05) is 18.0 Å². The van der Waals surface area contributed by atoms with Crippen molar-refractivity contribution in [2.24, 2.45) is 11.7 Å². The fourth-order valence-corrected chi connectivity index (χ4v) is 3.33. The van der Waals surface area contributed by atoms with Crippen LogP contribution in [0, 0.1) is 17.2 Å². The molecule has 0 aliphatic carbocycles. The SMILES string of the molecule is CSc1cccc(N2CCC(CCN)CC2)c1C#N. The highest BCUT2D eigenvalue weighted by atomic mass is 32.2. The summed E-state index contributed by atoms with van der Waals surface area (Å²) in [5.74, 6) is 0.760. The van der Waals surface area contributed by atoms with Gasteiger partial charge in [-0.15, -0.1) is 11.8 Å². The Balaban J connectivity index is 2.14. The Morgan fingerprint density at radius 2 is 2.16 bits per heavy atom. The monoisotopic (exact) mass is 275 g/mol. The van der Waals surface area contributed by atoms with Gasteiger partial charge in [-0.3, -0.25) is 0 Å². The van der Waals surface area contributed by atoms with Crippen LogP contribution in [0.25, 0.3) is 0 Å². The van der Waals surface area contributed by atoms with E-state index >= 15 is 0 Å². The molecule has 19 heavy (non-hydrogen) atoms. The zero-order chi connectivity index (χ0) is 13.7. The minimum atomic E-state index is 0.760. The minimum absolute atomic E-state index is 0.760. The summed E-state index contributed by atoms with van der Waals surface area (Å²) in [5.41, 5.74) is 7.55. The molecule has 1 aliphatic rings. The number of hydrogen-bond acceptors (Lipinski definition) is 4. The van der Waals surface area contributed by atoms with Gasteiger partial charge < -0.3 is 10.6 Å². The number of thioether (sulfide) groups is 1. The predicted molar refractivity (Wildman–Crippen MR) is 81.5 cm³/mol. The van der Waals surface area contributed by atoms with Crippen LogP contribution in [-0.4, -0.2) is 25.9 Å². The molecule has 0 atom stereocenters. The van der Waals surface area contributed by atoms with Crippen LogP contribution in [-0.2, 0) is 0 Å². The number of rotatable bonds is 4. The highest BCUT2D eigenvalue weighted by molar-refractivity contribution is 7.98. The average molecular weight is 275 g/mol. The van der Waals surface area contributed by atoms with Crippen molar-refractivity contribution in [2.75, 3.05) is 30.8 Å². The average Bonchev–Trinajstić information content (AvgIpc) is 2.47. The van der Waals surface area contributed by atoms with Crippen molar-refractivity contribution in [1.29, 1.82) is 5.26 Å². The summed E-state index contributed by atoms with van der Waals surface area (Å²) in [7, 11) is 0. The van der Waals surface area contributed by atoms with Gasteiger partial charge in [-0.25, -0.2) is 0 Å². The molecule has 2 rings (SSSR count). The van der Waals surface area contributed by atoms with Crippen molar-refractivity contribution in [3.05, 3.63) is 23.8 Å². The second-order valence-corrected chi connectivity index (χ2v) is 5.82. The number of piperidine rings is 1. The standard InChI is InChI=1S/C15H21N3S/c1-19-15-4-2-3-14(13(15)11-17)18-9-6-12(5-8-16)7-10-18/h2-4,12H,5-10,16H2,1H3. The van der Waals surface area contributed by atoms with Crippen LogP contribution in [0.2, 0.25) is 0 Å². The van der Waals surface area contributed by atoms with Crippen LogP contribution >= 0.6 is 11.8 Å². The molecule has 0 radical (unpaired) electrons. The maximum Gasteiger partial charge on any atom is 0.103 e. The summed E-state index contributed by atoms with van der Waals surface area (Å²) in [6, 6.07) is 8.51. The fraction of sp³-hybridized carbons (Fsp3) is 0.533. The van der Waals surface area contributed by atoms with Gasteiger partial charge in [0.2, 0.25) is 0 Å². The Hall–Kier alpha value is -1.18. The van der Waals surface area contributed by atoms with Gasteiger partial charge in [-0.05, 0) is 50.1 Å². The number of nitriles is 1. The lowest BCUT2D eigenvalue weighted by atomic mass is 9.93. The molecule has 2 N–H and O–H groups in total. The van der Waals surface area contributed by atoms with E-state index in [9.17, 15) is 5.26 Å². The van der Waals surface area contributed by atoms with Crippen LogP contribution in [0.4, 0.5) is 5.69 Å². The van der Waals surface area contributed by atoms with E-state index in [0.29, 0.717) is 0 Å². The van der Waals surface area contributed by atoms with Gasteiger partial charge >= 0.3 is 0 Å². The fourth-order valence-electron chi connectivity index (χ4n) is 2.76. The molecule has 1 aromatic rings. The molecule has 0 spiro atoms. The Labute approximate surface area is 119 Å². The second-order valence-electron chi connectivity index (χ2n) is 4.97. The third kappa shape index (κ3) is 3.23. The van der Waals surface area contributed by atoms with E-state index in [4.69, 9.17) is 5.73 Å². The van der Waals surface area contributed by atoms with Crippen LogP contribution in [0.15, 0.2) is 23.1 Å². The molecule has 102 valence electrons. The van der Waals surface area contributed by atoms with Crippen molar-refractivity contribution in [1.82, 2.24) is 0 Å². The first-order chi connectivity index (χ1) is 9.30. The maximum atomic E-state index is 9.39. The van der Waals surface area contributed by atoms with E-state index in [1.54, 1.807) is 11.8 Å². The summed E-state index contributed by atoms with van der Waals surface area (Å²) < 4.78 is 0. The maximum absolute atomic E-state index is 9.39. The lowest BCUT2D eigenvalue weighted by Crippen LogP contribution is -2.34. The summed E-state index contributed by atoms with van der Waals surface area (Å²) in [4.78, 5) is 3.43. The Bertz CT molecular complexity index is 459. The molecule has 1 heterocycles. The first kappa shape index (κ1) is 14.2. The van der Waals surface area contributed by atoms with Gasteiger partial charge in [-0.1, -0.05) is 6.07 Å². The lowest BCUT2D eigenvalue weighted by Gasteiger charge is -2.34. The van der Waals surface area contributed by atoms with E-state index in [1.807, 2.05) is 18.4 Å². The smallest absolute Gasteiger partial charge is 0.103 e. The Morgan fingerprint density at radius 1 is 1.42 bits per heavy atom. The van der Waals surface area contributed by atoms with Gasteiger partial charge in [-0.2, -0.15) is 5.26 Å². The predicted octanol–water partition coefficient (Wildman–Crippen LogP) is 2.85. The molecular formula is C15H21N3S. The zero-order valence-electron chi connectivity index (χ0n) is 11.4. The van der Waals surface area contributed by atoms with Crippen LogP contribution in [0.1, 0.15) is 24.8 Å². The number of hydrogen-bond donors (Lipinski definition) is 1. The third-order valence-corrected chi connectivity index (χ3v) is 4.65. The third-order valence-electron chi connectivity index (χ3n) is 3.87. The largest absolute Gasteiger partial charge is 0.370 e. The van der Waals surface area contributed by atoms with Gasteiger partial charge in [0.1, 0.15) is 6.07 Å². The molecule has 0 unspecified atom stereocenters. The highest BCUT2D eigenvalue weighted by Crippen LogP contribution is 2.32. The van der Waals surface area contributed by atoms with Crippen molar-refractivity contribution < 1.29 is 0 Å². The number of nitrogens with two attached hydrogens (primary N) is 1. The topological polar surface area (TPSA) is 53.0 Å². The molecule has 3 nitrogen and oxygen atoms in total. The van der Waals surface area contributed by atoms with E-state index in [2.05, 4.69) is 17.0 Å². The second kappa shape index (κ2) is 6.83. The van der Waals surface area contributed by atoms with Gasteiger partial charge in [0.25, 0.3) is 0 Å². The Morgan fingerprint density at radius 3 is 2.74 bits per heavy atom. The molecule has 1 saturated heterocycles. The number of nitrogens with zero attached hydrogens (tertiary/aromatic N) is 2. The molecule has 1 aromatic carbocycles. The quantitative estimate of drug-likeness (QED) is 0.859. The summed E-state index contributed by atoms with van der Waals surface area (Å²) in [6.07, 6.45) is 5.52. The van der Waals surface area contributed by atoms with E-state index in [0.717, 1.165) is 48.1 Å². The highest BCUT2D eigenvalue weighted by Gasteiger charge is 2.21. The zero-order valence-corrected chi connectivity index (χ0v) is 12.2. The lowest BCUT2D eigenvalue weighted by molar-refractivity contribution is 0.386. The first-order valence-corrected chi connectivity index (χ1v) is 8.04. The van der Waals surface area contributed by atoms with E-state index in [1.165, 1.54) is 12.8 Å². The van der Waals surface area contributed by atoms with Gasteiger partial charge in [0.15, 0.2) is 0 Å². The number of benzene rings is 1. The van der Waals surface area contributed by atoms with E-state index < -0.39 is 0 Å². The molecule has 1 aliphatic heterocycles. The summed E-state index contributed by atoms with van der Waals surface area (Å²) in [6.45, 7) is 2.87. The number of anilines is 1. The van der Waals surface area contributed by atoms with E-state index in [-0.39, 0.29) is 0 Å². The molecule has 0 aromatic heterocycles. The van der Waals surface area contributed by atoms with Crippen molar-refractivity contribution in [3.63, 3.8) is 0 Å². The van der Waals surface area contributed by atoms with Crippen molar-refractivity contribution in [3.8, 4) is 6.07 Å². The van der Waals surface area contributed by atoms with Crippen LogP contribution < -0.4 is 10.6 Å². The molecular weight excluding hydrogens is 254 g/mol. The molecule has 0 saturated carbocycles. The van der Waals surface area contributed by atoms with Crippen molar-refractivity contribution in [2.45, 2.75) is 24.2 Å². The molecule has 0 bridgehead atoms. The molecule has 4 heteroatoms. The minimum Gasteiger partial charge on any atom is -0.370 e. The van der Waals surface area contributed by atoms with Crippen LogP contribution in [0.3, 0.4) is 0 Å². The molecule has 1 fully saturated rings. The normalized spacial score (nSPS) is 16.4. The summed E-state index contributed by atoms with van der Waals surface area (Å²) in [5, 5.41) is 9.39. The van der Waals surface area contributed by atoms with Gasteiger partial charge in [0.05, 0.1) is 11.3 Å². The molecule has 0 amide bonds. The van der Waals surface area contributed by atoms with Crippen molar-refractivity contribution >= 4 is 17.4 Å². The van der Waals surface area contributed by atoms with Crippen LogP contribution in [0.5, 0.6) is 0 Å². The summed E-state index contributed by atoms with van der Waals surface area (Å²) >= 11 is 1.64.